The van der Waals surface area contributed by atoms with Crippen LogP contribution >= 0.6 is 0 Å². The average Bonchev–Trinajstić information content (AvgIpc) is 3.43. The van der Waals surface area contributed by atoms with Crippen molar-refractivity contribution in [2.24, 2.45) is 0 Å². The number of nitrogens with one attached hydrogen (secondary N) is 1. The van der Waals surface area contributed by atoms with Gasteiger partial charge in [0.1, 0.15) is 6.33 Å². The summed E-state index contributed by atoms with van der Waals surface area (Å²) in [6.45, 7) is 6.98. The Labute approximate surface area is 194 Å². The van der Waals surface area contributed by atoms with Crippen molar-refractivity contribution in [2.75, 3.05) is 33.7 Å². The molecule has 172 valence electrons. The van der Waals surface area contributed by atoms with E-state index in [0.717, 1.165) is 37.1 Å². The summed E-state index contributed by atoms with van der Waals surface area (Å²) in [5, 5.41) is 9.44. The number of fused-ring (bicyclic) bond motifs is 2. The van der Waals surface area contributed by atoms with E-state index in [1.165, 1.54) is 27.7 Å². The Kier molecular flexibility index (Phi) is 5.66. The fourth-order valence-electron chi connectivity index (χ4n) is 5.04. The SMILES string of the molecule is CC(C)c1c(-c2ccc3nncn3c2)[nH]c2ccc(C3CCN(CC(=O)N(C)C)CC3)cc12. The van der Waals surface area contributed by atoms with E-state index in [1.54, 1.807) is 11.2 Å². The number of carbonyl (C=O) groups is 1. The molecule has 1 saturated heterocycles. The number of hydrogen-bond acceptors (Lipinski definition) is 4. The minimum atomic E-state index is 0.181. The van der Waals surface area contributed by atoms with Crippen molar-refractivity contribution in [3.8, 4) is 11.3 Å². The molecule has 1 N–H and O–H groups in total. The standard InChI is InChI=1S/C26H32N6O/c1-17(2)25-21-13-19(18-9-11-31(12-10-18)15-24(33)30(3)4)5-7-22(21)28-26(25)20-6-8-23-29-27-16-32(23)14-20/h5-8,13-14,16-18,28H,9-12,15H2,1-4H3. The van der Waals surface area contributed by atoms with Crippen LogP contribution in [0.3, 0.4) is 0 Å². The molecule has 1 amide bonds. The van der Waals surface area contributed by atoms with Crippen molar-refractivity contribution in [1.29, 1.82) is 0 Å². The number of rotatable bonds is 5. The van der Waals surface area contributed by atoms with Gasteiger partial charge in [-0.1, -0.05) is 19.9 Å². The maximum absolute atomic E-state index is 12.1. The zero-order valence-electron chi connectivity index (χ0n) is 19.9. The third-order valence-electron chi connectivity index (χ3n) is 6.94. The number of pyridine rings is 1. The summed E-state index contributed by atoms with van der Waals surface area (Å²) in [4.78, 5) is 19.7. The van der Waals surface area contributed by atoms with Crippen LogP contribution in [0.25, 0.3) is 27.8 Å². The lowest BCUT2D eigenvalue weighted by Crippen LogP contribution is -2.40. The minimum absolute atomic E-state index is 0.181. The van der Waals surface area contributed by atoms with Gasteiger partial charge in [-0.3, -0.25) is 14.1 Å². The number of likely N-dealkylation sites (N-methyl/N-ethyl adjacent to an activating group) is 1. The van der Waals surface area contributed by atoms with Crippen molar-refractivity contribution >= 4 is 22.5 Å². The second-order valence-corrected chi connectivity index (χ2v) is 9.73. The highest BCUT2D eigenvalue weighted by atomic mass is 16.2. The highest BCUT2D eigenvalue weighted by molar-refractivity contribution is 5.92. The molecule has 3 aromatic heterocycles. The molecule has 0 aliphatic carbocycles. The van der Waals surface area contributed by atoms with Crippen LogP contribution in [0.15, 0.2) is 42.9 Å². The molecule has 4 heterocycles. The minimum Gasteiger partial charge on any atom is -0.354 e. The molecule has 5 rings (SSSR count). The average molecular weight is 445 g/mol. The third kappa shape index (κ3) is 4.13. The molecule has 1 aliphatic rings. The maximum Gasteiger partial charge on any atom is 0.236 e. The number of hydrogen-bond donors (Lipinski definition) is 1. The topological polar surface area (TPSA) is 69.5 Å². The number of benzene rings is 1. The fourth-order valence-corrected chi connectivity index (χ4v) is 5.04. The van der Waals surface area contributed by atoms with Crippen LogP contribution in [-0.2, 0) is 4.79 Å². The summed E-state index contributed by atoms with van der Waals surface area (Å²) in [5.74, 6) is 1.10. The Morgan fingerprint density at radius 3 is 2.70 bits per heavy atom. The number of carbonyl (C=O) groups excluding carboxylic acids is 1. The van der Waals surface area contributed by atoms with Crippen molar-refractivity contribution in [1.82, 2.24) is 29.4 Å². The lowest BCUT2D eigenvalue weighted by Gasteiger charge is -2.32. The van der Waals surface area contributed by atoms with E-state index >= 15 is 0 Å². The maximum atomic E-state index is 12.1. The largest absolute Gasteiger partial charge is 0.354 e. The highest BCUT2D eigenvalue weighted by Gasteiger charge is 2.24. The zero-order valence-corrected chi connectivity index (χ0v) is 19.9. The van der Waals surface area contributed by atoms with Gasteiger partial charge < -0.3 is 9.88 Å². The first-order valence-corrected chi connectivity index (χ1v) is 11.8. The lowest BCUT2D eigenvalue weighted by atomic mass is 9.87. The number of aromatic amines is 1. The second-order valence-electron chi connectivity index (χ2n) is 9.73. The summed E-state index contributed by atoms with van der Waals surface area (Å²) >= 11 is 0. The summed E-state index contributed by atoms with van der Waals surface area (Å²) < 4.78 is 1.96. The van der Waals surface area contributed by atoms with Crippen LogP contribution in [-0.4, -0.2) is 69.0 Å². The molecule has 4 aromatic rings. The first-order valence-electron chi connectivity index (χ1n) is 11.8. The van der Waals surface area contributed by atoms with Gasteiger partial charge in [0.05, 0.1) is 12.2 Å². The predicted octanol–water partition coefficient (Wildman–Crippen LogP) is 4.27. The van der Waals surface area contributed by atoms with Gasteiger partial charge in [0, 0.05) is 36.8 Å². The number of piperidine rings is 1. The van der Waals surface area contributed by atoms with Crippen molar-refractivity contribution in [3.63, 3.8) is 0 Å². The van der Waals surface area contributed by atoms with Gasteiger partial charge in [0.25, 0.3) is 0 Å². The van der Waals surface area contributed by atoms with Crippen LogP contribution in [0.1, 0.15) is 49.7 Å². The van der Waals surface area contributed by atoms with Gasteiger partial charge in [-0.2, -0.15) is 0 Å². The van der Waals surface area contributed by atoms with Crippen LogP contribution in [0, 0.1) is 0 Å². The predicted molar refractivity (Wildman–Crippen MR) is 131 cm³/mol. The van der Waals surface area contributed by atoms with E-state index in [1.807, 2.05) is 24.6 Å². The number of H-pyrrole nitrogens is 1. The number of amides is 1. The molecule has 1 aliphatic heterocycles. The van der Waals surface area contributed by atoms with Gasteiger partial charge in [0.2, 0.25) is 5.91 Å². The van der Waals surface area contributed by atoms with Crippen LogP contribution < -0.4 is 0 Å². The third-order valence-corrected chi connectivity index (χ3v) is 6.94. The molecule has 0 bridgehead atoms. The molecule has 1 fully saturated rings. The Morgan fingerprint density at radius 2 is 1.97 bits per heavy atom. The second kappa shape index (κ2) is 8.63. The molecule has 0 saturated carbocycles. The van der Waals surface area contributed by atoms with E-state index in [2.05, 4.69) is 64.4 Å². The number of aromatic nitrogens is 4. The molecule has 0 unspecified atom stereocenters. The van der Waals surface area contributed by atoms with Crippen LogP contribution in [0.4, 0.5) is 0 Å². The molecule has 0 spiro atoms. The Bertz CT molecular complexity index is 1290. The monoisotopic (exact) mass is 444 g/mol. The molecule has 7 nitrogen and oxygen atoms in total. The number of nitrogens with zero attached hydrogens (tertiary/aromatic N) is 5. The summed E-state index contributed by atoms with van der Waals surface area (Å²) in [7, 11) is 3.65. The fraction of sp³-hybridized carbons (Fsp3) is 0.423. The van der Waals surface area contributed by atoms with E-state index < -0.39 is 0 Å². The van der Waals surface area contributed by atoms with Crippen LogP contribution in [0.5, 0.6) is 0 Å². The molecule has 0 atom stereocenters. The first kappa shape index (κ1) is 21.6. The molecule has 7 heteroatoms. The van der Waals surface area contributed by atoms with E-state index in [4.69, 9.17) is 0 Å². The number of likely N-dealkylation sites (tertiary alicyclic amines) is 1. The molecular formula is C26H32N6O. The normalized spacial score (nSPS) is 15.7. The molecule has 0 radical (unpaired) electrons. The first-order chi connectivity index (χ1) is 15.9. The molecule has 33 heavy (non-hydrogen) atoms. The van der Waals surface area contributed by atoms with Gasteiger partial charge in [-0.05, 0) is 73.2 Å². The van der Waals surface area contributed by atoms with Gasteiger partial charge in [-0.25, -0.2) is 0 Å². The van der Waals surface area contributed by atoms with Crippen LogP contribution in [0.2, 0.25) is 0 Å². The van der Waals surface area contributed by atoms with E-state index in [0.29, 0.717) is 18.4 Å². The summed E-state index contributed by atoms with van der Waals surface area (Å²) in [6, 6.07) is 11.0. The van der Waals surface area contributed by atoms with Crippen molar-refractivity contribution < 1.29 is 4.79 Å². The zero-order chi connectivity index (χ0) is 23.1. The summed E-state index contributed by atoms with van der Waals surface area (Å²) in [6.07, 6.45) is 6.01. The quantitative estimate of drug-likeness (QED) is 0.499. The van der Waals surface area contributed by atoms with E-state index in [-0.39, 0.29) is 5.91 Å². The smallest absolute Gasteiger partial charge is 0.236 e. The van der Waals surface area contributed by atoms with Gasteiger partial charge >= 0.3 is 0 Å². The lowest BCUT2D eigenvalue weighted by molar-refractivity contribution is -0.130. The van der Waals surface area contributed by atoms with Gasteiger partial charge in [-0.15, -0.1) is 10.2 Å². The Hall–Kier alpha value is -3.19. The van der Waals surface area contributed by atoms with Crippen molar-refractivity contribution in [3.05, 3.63) is 54.0 Å². The molecule has 1 aromatic carbocycles. The molecular weight excluding hydrogens is 412 g/mol. The van der Waals surface area contributed by atoms with Crippen molar-refractivity contribution in [2.45, 2.75) is 38.5 Å². The Balaban J connectivity index is 1.43. The Morgan fingerprint density at radius 1 is 1.18 bits per heavy atom. The highest BCUT2D eigenvalue weighted by Crippen LogP contribution is 2.38. The van der Waals surface area contributed by atoms with E-state index in [9.17, 15) is 4.79 Å². The summed E-state index contributed by atoms with van der Waals surface area (Å²) in [5.41, 5.74) is 7.10. The van der Waals surface area contributed by atoms with Gasteiger partial charge in [0.15, 0.2) is 5.65 Å².